The maximum atomic E-state index is 12.8. The fourth-order valence-corrected chi connectivity index (χ4v) is 4.07. The number of carbonyl (C=O) groups excluding carboxylic acids is 2. The standard InChI is InChI=1S/C23H26N2O2/c1-2-17-6-8-19(9-7-17)22(26)24-12-14-25(15-13-24)23(27)21-11-10-18-4-3-5-20(18)16-21/h6-11,16H,2-5,12-15H2,1H3. The molecule has 0 bridgehead atoms. The van der Waals surface area contributed by atoms with Gasteiger partial charge in [-0.2, -0.15) is 0 Å². The van der Waals surface area contributed by atoms with Crippen LogP contribution in [0, 0.1) is 0 Å². The van der Waals surface area contributed by atoms with Gasteiger partial charge in [0.1, 0.15) is 0 Å². The van der Waals surface area contributed by atoms with Crippen molar-refractivity contribution >= 4 is 11.8 Å². The van der Waals surface area contributed by atoms with Crippen molar-refractivity contribution < 1.29 is 9.59 Å². The minimum absolute atomic E-state index is 0.0577. The Morgan fingerprint density at radius 3 is 1.96 bits per heavy atom. The highest BCUT2D eigenvalue weighted by atomic mass is 16.2. The third kappa shape index (κ3) is 3.61. The summed E-state index contributed by atoms with van der Waals surface area (Å²) in [5.74, 6) is 0.145. The fraction of sp³-hybridized carbons (Fsp3) is 0.391. The van der Waals surface area contributed by atoms with Gasteiger partial charge < -0.3 is 9.80 Å². The van der Waals surface area contributed by atoms with Crippen LogP contribution in [0.1, 0.15) is 50.8 Å². The van der Waals surface area contributed by atoms with Crippen LogP contribution in [0.25, 0.3) is 0 Å². The van der Waals surface area contributed by atoms with E-state index in [4.69, 9.17) is 0 Å². The van der Waals surface area contributed by atoms with Crippen LogP contribution in [0.15, 0.2) is 42.5 Å². The molecule has 0 saturated carbocycles. The summed E-state index contributed by atoms with van der Waals surface area (Å²) in [6.07, 6.45) is 4.37. The van der Waals surface area contributed by atoms with Gasteiger partial charge in [-0.05, 0) is 66.6 Å². The number of carbonyl (C=O) groups is 2. The van der Waals surface area contributed by atoms with E-state index < -0.39 is 0 Å². The Balaban J connectivity index is 1.38. The lowest BCUT2D eigenvalue weighted by atomic mass is 10.1. The first-order valence-corrected chi connectivity index (χ1v) is 9.95. The highest BCUT2D eigenvalue weighted by molar-refractivity contribution is 5.96. The van der Waals surface area contributed by atoms with Crippen molar-refractivity contribution in [1.29, 1.82) is 0 Å². The summed E-state index contributed by atoms with van der Waals surface area (Å²) < 4.78 is 0. The van der Waals surface area contributed by atoms with Gasteiger partial charge in [-0.15, -0.1) is 0 Å². The molecule has 0 atom stereocenters. The van der Waals surface area contributed by atoms with Crippen LogP contribution in [-0.2, 0) is 19.3 Å². The summed E-state index contributed by atoms with van der Waals surface area (Å²) in [5.41, 5.74) is 5.45. The van der Waals surface area contributed by atoms with Gasteiger partial charge in [-0.25, -0.2) is 0 Å². The Labute approximate surface area is 160 Å². The molecule has 2 aromatic carbocycles. The highest BCUT2D eigenvalue weighted by Crippen LogP contribution is 2.23. The van der Waals surface area contributed by atoms with E-state index in [1.165, 1.54) is 23.1 Å². The summed E-state index contributed by atoms with van der Waals surface area (Å²) in [7, 11) is 0. The number of fused-ring (bicyclic) bond motifs is 1. The van der Waals surface area contributed by atoms with E-state index in [0.717, 1.165) is 30.4 Å². The maximum Gasteiger partial charge on any atom is 0.253 e. The predicted octanol–water partition coefficient (Wildman–Crippen LogP) is 3.34. The average molecular weight is 362 g/mol. The monoisotopic (exact) mass is 362 g/mol. The molecule has 1 aliphatic heterocycles. The van der Waals surface area contributed by atoms with Crippen LogP contribution >= 0.6 is 0 Å². The third-order valence-corrected chi connectivity index (χ3v) is 5.81. The van der Waals surface area contributed by atoms with E-state index in [1.54, 1.807) is 0 Å². The molecule has 0 aromatic heterocycles. The second-order valence-electron chi connectivity index (χ2n) is 7.47. The molecule has 1 aliphatic carbocycles. The molecule has 140 valence electrons. The molecule has 1 saturated heterocycles. The van der Waals surface area contributed by atoms with Gasteiger partial charge in [0.15, 0.2) is 0 Å². The fourth-order valence-electron chi connectivity index (χ4n) is 4.07. The number of aryl methyl sites for hydroxylation is 3. The number of rotatable bonds is 3. The average Bonchev–Trinajstić information content (AvgIpc) is 3.21. The van der Waals surface area contributed by atoms with Crippen molar-refractivity contribution in [2.75, 3.05) is 26.2 Å². The molecule has 1 heterocycles. The molecular formula is C23H26N2O2. The lowest BCUT2D eigenvalue weighted by molar-refractivity contribution is 0.0535. The molecule has 2 amide bonds. The van der Waals surface area contributed by atoms with Crippen molar-refractivity contribution in [3.05, 3.63) is 70.3 Å². The molecule has 0 radical (unpaired) electrons. The van der Waals surface area contributed by atoms with Gasteiger partial charge >= 0.3 is 0 Å². The molecule has 4 rings (SSSR count). The minimum Gasteiger partial charge on any atom is -0.335 e. The van der Waals surface area contributed by atoms with Gasteiger partial charge in [0.05, 0.1) is 0 Å². The van der Waals surface area contributed by atoms with Crippen molar-refractivity contribution in [2.45, 2.75) is 32.6 Å². The first-order chi connectivity index (χ1) is 13.2. The number of hydrogen-bond acceptors (Lipinski definition) is 2. The summed E-state index contributed by atoms with van der Waals surface area (Å²) in [4.78, 5) is 29.3. The van der Waals surface area contributed by atoms with Crippen LogP contribution in [0.4, 0.5) is 0 Å². The number of nitrogens with zero attached hydrogens (tertiary/aromatic N) is 2. The van der Waals surface area contributed by atoms with E-state index in [0.29, 0.717) is 26.2 Å². The Hall–Kier alpha value is -2.62. The molecule has 4 nitrogen and oxygen atoms in total. The summed E-state index contributed by atoms with van der Waals surface area (Å²) in [6.45, 7) is 4.47. The quantitative estimate of drug-likeness (QED) is 0.840. The van der Waals surface area contributed by atoms with Crippen molar-refractivity contribution in [3.63, 3.8) is 0 Å². The third-order valence-electron chi connectivity index (χ3n) is 5.81. The lowest BCUT2D eigenvalue weighted by Gasteiger charge is -2.35. The second kappa shape index (κ2) is 7.55. The molecule has 0 N–H and O–H groups in total. The number of hydrogen-bond donors (Lipinski definition) is 0. The zero-order chi connectivity index (χ0) is 18.8. The van der Waals surface area contributed by atoms with Gasteiger partial charge in [0.2, 0.25) is 0 Å². The van der Waals surface area contributed by atoms with E-state index in [9.17, 15) is 9.59 Å². The van der Waals surface area contributed by atoms with Gasteiger partial charge in [0, 0.05) is 37.3 Å². The van der Waals surface area contributed by atoms with Crippen molar-refractivity contribution in [3.8, 4) is 0 Å². The molecular weight excluding hydrogens is 336 g/mol. The second-order valence-corrected chi connectivity index (χ2v) is 7.47. The molecule has 2 aromatic rings. The van der Waals surface area contributed by atoms with Gasteiger partial charge in [-0.3, -0.25) is 9.59 Å². The van der Waals surface area contributed by atoms with Crippen molar-refractivity contribution in [1.82, 2.24) is 9.80 Å². The topological polar surface area (TPSA) is 40.6 Å². The molecule has 0 unspecified atom stereocenters. The minimum atomic E-state index is 0.0577. The van der Waals surface area contributed by atoms with E-state index in [2.05, 4.69) is 19.1 Å². The molecule has 4 heteroatoms. The smallest absolute Gasteiger partial charge is 0.253 e. The lowest BCUT2D eigenvalue weighted by Crippen LogP contribution is -2.50. The zero-order valence-corrected chi connectivity index (χ0v) is 15.9. The van der Waals surface area contributed by atoms with Crippen LogP contribution in [0.2, 0.25) is 0 Å². The maximum absolute atomic E-state index is 12.8. The van der Waals surface area contributed by atoms with Crippen LogP contribution in [0.3, 0.4) is 0 Å². The summed E-state index contributed by atoms with van der Waals surface area (Å²) in [5, 5.41) is 0. The number of benzene rings is 2. The largest absolute Gasteiger partial charge is 0.335 e. The highest BCUT2D eigenvalue weighted by Gasteiger charge is 2.26. The Morgan fingerprint density at radius 1 is 0.778 bits per heavy atom. The van der Waals surface area contributed by atoms with Gasteiger partial charge in [-0.1, -0.05) is 25.1 Å². The van der Waals surface area contributed by atoms with Crippen LogP contribution in [0.5, 0.6) is 0 Å². The van der Waals surface area contributed by atoms with Crippen molar-refractivity contribution in [2.24, 2.45) is 0 Å². The Morgan fingerprint density at radius 2 is 1.33 bits per heavy atom. The molecule has 0 spiro atoms. The van der Waals surface area contributed by atoms with Crippen LogP contribution < -0.4 is 0 Å². The van der Waals surface area contributed by atoms with E-state index in [-0.39, 0.29) is 11.8 Å². The predicted molar refractivity (Wildman–Crippen MR) is 106 cm³/mol. The SMILES string of the molecule is CCc1ccc(C(=O)N2CCN(C(=O)c3ccc4c(c3)CCC4)CC2)cc1. The van der Waals surface area contributed by atoms with Gasteiger partial charge in [0.25, 0.3) is 11.8 Å². The van der Waals surface area contributed by atoms with Crippen LogP contribution in [-0.4, -0.2) is 47.8 Å². The number of amides is 2. The van der Waals surface area contributed by atoms with E-state index in [1.807, 2.05) is 40.1 Å². The number of piperazine rings is 1. The molecule has 2 aliphatic rings. The Kier molecular flexibility index (Phi) is 4.97. The summed E-state index contributed by atoms with van der Waals surface area (Å²) >= 11 is 0. The zero-order valence-electron chi connectivity index (χ0n) is 15.9. The normalized spacial score (nSPS) is 16.3. The first kappa shape index (κ1) is 17.8. The first-order valence-electron chi connectivity index (χ1n) is 9.95. The Bertz CT molecular complexity index is 849. The molecule has 1 fully saturated rings. The molecule has 27 heavy (non-hydrogen) atoms. The van der Waals surface area contributed by atoms with E-state index >= 15 is 0 Å². The summed E-state index contributed by atoms with van der Waals surface area (Å²) in [6, 6.07) is 14.0.